The first kappa shape index (κ1) is 20.2. The van der Waals surface area contributed by atoms with E-state index in [0.717, 1.165) is 4.70 Å². The van der Waals surface area contributed by atoms with Gasteiger partial charge in [-0.3, -0.25) is 4.79 Å². The summed E-state index contributed by atoms with van der Waals surface area (Å²) in [5, 5.41) is 28.7. The number of nitrogens with zero attached hydrogens (tertiary/aromatic N) is 1. The Hall–Kier alpha value is -2.52. The monoisotopic (exact) mass is 403 g/mol. The van der Waals surface area contributed by atoms with E-state index in [9.17, 15) is 19.8 Å². The number of fused-ring (bicyclic) bond motifs is 2. The van der Waals surface area contributed by atoms with Gasteiger partial charge in [0.15, 0.2) is 5.43 Å². The van der Waals surface area contributed by atoms with E-state index in [0.29, 0.717) is 21.2 Å². The van der Waals surface area contributed by atoms with Gasteiger partial charge in [-0.05, 0) is 24.3 Å². The summed E-state index contributed by atoms with van der Waals surface area (Å²) in [6.07, 6.45) is 0. The van der Waals surface area contributed by atoms with E-state index in [2.05, 4.69) is 0 Å². The quantitative estimate of drug-likeness (QED) is 0.385. The Bertz CT molecular complexity index is 1040. The van der Waals surface area contributed by atoms with Crippen molar-refractivity contribution in [1.82, 2.24) is 0 Å². The van der Waals surface area contributed by atoms with E-state index in [1.807, 2.05) is 12.1 Å². The third-order valence-corrected chi connectivity index (χ3v) is 5.42. The molecule has 28 heavy (non-hydrogen) atoms. The average Bonchev–Trinajstić information content (AvgIpc) is 2.71. The van der Waals surface area contributed by atoms with Gasteiger partial charge in [0.2, 0.25) is 0 Å². The van der Waals surface area contributed by atoms with Crippen LogP contribution in [0.4, 0.5) is 5.69 Å². The Morgan fingerprint density at radius 2 is 1.71 bits per heavy atom. The van der Waals surface area contributed by atoms with E-state index >= 15 is 0 Å². The average molecular weight is 403 g/mol. The van der Waals surface area contributed by atoms with Gasteiger partial charge in [0.25, 0.3) is 0 Å². The number of aliphatic hydroxyl groups excluding tert-OH is 3. The number of benzene rings is 2. The van der Waals surface area contributed by atoms with Crippen LogP contribution in [0.25, 0.3) is 20.2 Å². The Morgan fingerprint density at radius 1 is 1.00 bits per heavy atom. The molecule has 0 amide bonds. The molecule has 0 saturated carbocycles. The number of esters is 1. The van der Waals surface area contributed by atoms with Gasteiger partial charge in [0, 0.05) is 27.9 Å². The lowest BCUT2D eigenvalue weighted by atomic mass is 10.1. The summed E-state index contributed by atoms with van der Waals surface area (Å²) in [5.74, 6) is -0.613. The zero-order valence-electron chi connectivity index (χ0n) is 15.1. The summed E-state index contributed by atoms with van der Waals surface area (Å²) in [6.45, 7) is -0.371. The molecule has 0 unspecified atom stereocenters. The summed E-state index contributed by atoms with van der Waals surface area (Å²) in [5.41, 5.74) is 0.529. The molecule has 8 heteroatoms. The van der Waals surface area contributed by atoms with Gasteiger partial charge >= 0.3 is 5.97 Å². The van der Waals surface area contributed by atoms with Crippen molar-refractivity contribution < 1.29 is 24.9 Å². The molecule has 7 nitrogen and oxygen atoms in total. The van der Waals surface area contributed by atoms with Gasteiger partial charge in [-0.2, -0.15) is 0 Å². The smallest absolute Gasteiger partial charge is 0.338 e. The highest BCUT2D eigenvalue weighted by Crippen LogP contribution is 2.32. The molecule has 0 fully saturated rings. The van der Waals surface area contributed by atoms with Crippen LogP contribution in [0.2, 0.25) is 0 Å². The Morgan fingerprint density at radius 3 is 2.39 bits per heavy atom. The zero-order chi connectivity index (χ0) is 20.1. The first-order chi connectivity index (χ1) is 13.6. The van der Waals surface area contributed by atoms with Crippen molar-refractivity contribution in [1.29, 1.82) is 0 Å². The molecule has 2 aromatic carbocycles. The second-order valence-electron chi connectivity index (χ2n) is 6.09. The topological polar surface area (TPSA) is 107 Å². The van der Waals surface area contributed by atoms with Gasteiger partial charge in [-0.1, -0.05) is 12.1 Å². The molecule has 0 aliphatic carbocycles. The number of carbonyl (C=O) groups is 1. The minimum Gasteiger partial charge on any atom is -0.460 e. The fourth-order valence-electron chi connectivity index (χ4n) is 3.09. The van der Waals surface area contributed by atoms with Gasteiger partial charge in [0.1, 0.15) is 6.61 Å². The van der Waals surface area contributed by atoms with Crippen LogP contribution in [0.3, 0.4) is 0 Å². The molecular weight excluding hydrogens is 382 g/mol. The molecule has 0 spiro atoms. The van der Waals surface area contributed by atoms with Crippen molar-refractivity contribution in [2.45, 2.75) is 0 Å². The van der Waals surface area contributed by atoms with Crippen molar-refractivity contribution >= 4 is 43.2 Å². The van der Waals surface area contributed by atoms with Crippen molar-refractivity contribution in [3.63, 3.8) is 0 Å². The van der Waals surface area contributed by atoms with Crippen molar-refractivity contribution in [2.24, 2.45) is 0 Å². The van der Waals surface area contributed by atoms with Crippen LogP contribution >= 0.6 is 11.3 Å². The van der Waals surface area contributed by atoms with Crippen LogP contribution in [0.1, 0.15) is 10.4 Å². The van der Waals surface area contributed by atoms with Crippen molar-refractivity contribution in [3.8, 4) is 0 Å². The van der Waals surface area contributed by atoms with E-state index in [4.69, 9.17) is 9.84 Å². The lowest BCUT2D eigenvalue weighted by Crippen LogP contribution is -2.31. The molecule has 0 atom stereocenters. The maximum atomic E-state index is 13.2. The third kappa shape index (κ3) is 4.00. The van der Waals surface area contributed by atoms with Crippen LogP contribution in [-0.4, -0.2) is 60.8 Å². The Balaban J connectivity index is 2.30. The van der Waals surface area contributed by atoms with E-state index in [1.165, 1.54) is 17.4 Å². The second-order valence-corrected chi connectivity index (χ2v) is 7.17. The largest absolute Gasteiger partial charge is 0.460 e. The number of aliphatic hydroxyl groups is 3. The van der Waals surface area contributed by atoms with Crippen LogP contribution in [0.5, 0.6) is 0 Å². The van der Waals surface area contributed by atoms with Crippen LogP contribution in [-0.2, 0) is 4.74 Å². The molecule has 0 aliphatic rings. The molecule has 1 heterocycles. The van der Waals surface area contributed by atoms with E-state index in [-0.39, 0.29) is 50.5 Å². The fraction of sp³-hybridized carbons (Fsp3) is 0.300. The summed E-state index contributed by atoms with van der Waals surface area (Å²) in [7, 11) is 0. The minimum atomic E-state index is -0.613. The molecule has 0 aliphatic heterocycles. The zero-order valence-corrected chi connectivity index (χ0v) is 15.9. The number of hydrogen-bond acceptors (Lipinski definition) is 8. The predicted molar refractivity (Wildman–Crippen MR) is 109 cm³/mol. The molecule has 3 rings (SSSR count). The molecule has 0 saturated heterocycles. The van der Waals surface area contributed by atoms with Crippen molar-refractivity contribution in [2.75, 3.05) is 44.4 Å². The highest BCUT2D eigenvalue weighted by Gasteiger charge is 2.19. The van der Waals surface area contributed by atoms with Crippen LogP contribution in [0, 0.1) is 0 Å². The molecule has 1 aromatic heterocycles. The van der Waals surface area contributed by atoms with Gasteiger partial charge in [0.05, 0.1) is 36.5 Å². The third-order valence-electron chi connectivity index (χ3n) is 4.30. The van der Waals surface area contributed by atoms with Gasteiger partial charge < -0.3 is 25.0 Å². The van der Waals surface area contributed by atoms with E-state index < -0.39 is 5.97 Å². The highest BCUT2D eigenvalue weighted by molar-refractivity contribution is 7.24. The van der Waals surface area contributed by atoms with Gasteiger partial charge in [-0.25, -0.2) is 4.79 Å². The first-order valence-corrected chi connectivity index (χ1v) is 9.66. The maximum absolute atomic E-state index is 13.2. The summed E-state index contributed by atoms with van der Waals surface area (Å²) >= 11 is 1.38. The van der Waals surface area contributed by atoms with Crippen LogP contribution < -0.4 is 10.3 Å². The maximum Gasteiger partial charge on any atom is 0.338 e. The predicted octanol–water partition coefficient (Wildman–Crippen LogP) is 1.35. The SMILES string of the molecule is O=C(OCCO)c1cc(N(CCO)CCO)c2c(=O)c3ccccc3sc2c1. The molecular formula is C20H21NO6S. The summed E-state index contributed by atoms with van der Waals surface area (Å²) in [4.78, 5) is 27.2. The summed E-state index contributed by atoms with van der Waals surface area (Å²) in [6, 6.07) is 10.4. The molecule has 0 bridgehead atoms. The number of carbonyl (C=O) groups excluding carboxylic acids is 1. The number of ether oxygens (including phenoxy) is 1. The highest BCUT2D eigenvalue weighted by atomic mass is 32.1. The fourth-order valence-corrected chi connectivity index (χ4v) is 4.23. The standard InChI is InChI=1S/C20H21NO6S/c22-7-5-21(6-8-23)15-11-13(20(26)27-10-9-24)12-17-18(15)19(25)14-3-1-2-4-16(14)28-17/h1-4,11-12,22-24H,5-10H2. The first-order valence-electron chi connectivity index (χ1n) is 8.85. The normalized spacial score (nSPS) is 11.1. The molecule has 3 aromatic rings. The molecule has 3 N–H and O–H groups in total. The number of rotatable bonds is 8. The van der Waals surface area contributed by atoms with Crippen molar-refractivity contribution in [3.05, 3.63) is 52.2 Å². The second kappa shape index (κ2) is 9.11. The molecule has 148 valence electrons. The van der Waals surface area contributed by atoms with Gasteiger partial charge in [-0.15, -0.1) is 11.3 Å². The lowest BCUT2D eigenvalue weighted by Gasteiger charge is -2.25. The Kier molecular flexibility index (Phi) is 6.58. The molecule has 0 radical (unpaired) electrons. The van der Waals surface area contributed by atoms with Crippen LogP contribution in [0.15, 0.2) is 41.2 Å². The lowest BCUT2D eigenvalue weighted by molar-refractivity contribution is 0.0434. The summed E-state index contributed by atoms with van der Waals surface area (Å²) < 4.78 is 6.42. The van der Waals surface area contributed by atoms with E-state index in [1.54, 1.807) is 23.1 Å². The number of hydrogen-bond donors (Lipinski definition) is 3. The minimum absolute atomic E-state index is 0.128. The number of anilines is 1. The Labute approximate surface area is 165 Å².